The minimum Gasteiger partial charge on any atom is -0.511 e. The Labute approximate surface area is 212 Å². The molecule has 0 saturated heterocycles. The maximum Gasteiger partial charge on any atom is 0.287 e. The molecule has 2 unspecified atom stereocenters. The summed E-state index contributed by atoms with van der Waals surface area (Å²) in [6.07, 6.45) is 5.28. The number of rotatable bonds is 6. The lowest BCUT2D eigenvalue weighted by Gasteiger charge is -2.44. The highest BCUT2D eigenvalue weighted by molar-refractivity contribution is 8.02. The second-order valence-electron chi connectivity index (χ2n) is 9.10. The second-order valence-corrected chi connectivity index (χ2v) is 14.3. The fourth-order valence-electron chi connectivity index (χ4n) is 5.05. The summed E-state index contributed by atoms with van der Waals surface area (Å²) in [7, 11) is -7.77. The van der Waals surface area contributed by atoms with Gasteiger partial charge in [0, 0.05) is 36.4 Å². The van der Waals surface area contributed by atoms with E-state index in [0.717, 1.165) is 54.6 Å². The SMILES string of the molecule is CS(=O)(=O)NCc1csc2c1S(=O)(=O)N=C(C1=C(O)C3CCCCC3N(CC3=CSCC3)C1=O)N2. The normalized spacial score (nSPS) is 26.1. The summed E-state index contributed by atoms with van der Waals surface area (Å²) in [6, 6.07) is -0.127. The summed E-state index contributed by atoms with van der Waals surface area (Å²) in [5.74, 6) is -0.00953. The van der Waals surface area contributed by atoms with Gasteiger partial charge in [0.25, 0.3) is 15.9 Å². The van der Waals surface area contributed by atoms with Crippen molar-refractivity contribution in [2.75, 3.05) is 23.9 Å². The molecule has 0 spiro atoms. The van der Waals surface area contributed by atoms with Gasteiger partial charge in [0.1, 0.15) is 21.2 Å². The molecule has 1 amide bonds. The Balaban J connectivity index is 1.51. The zero-order valence-electron chi connectivity index (χ0n) is 19.0. The molecule has 35 heavy (non-hydrogen) atoms. The zero-order valence-corrected chi connectivity index (χ0v) is 22.2. The topological polar surface area (TPSA) is 145 Å². The number of nitrogens with one attached hydrogen (secondary N) is 2. The van der Waals surface area contributed by atoms with Crippen LogP contribution in [0.3, 0.4) is 0 Å². The average molecular weight is 559 g/mol. The minimum atomic E-state index is -4.24. The summed E-state index contributed by atoms with van der Waals surface area (Å²) in [6.45, 7) is 0.253. The van der Waals surface area contributed by atoms with E-state index in [2.05, 4.69) is 19.8 Å². The number of anilines is 1. The standard InChI is InChI=1S/C21H26N4O6S4/c1-34(28,29)22-8-13-11-33-20-18(13)35(30,31)24-19(23-20)16-17(26)14-4-2-3-5-15(14)25(21(16)27)9-12-6-7-32-10-12/h10-11,14-15,22,26H,2-9H2,1H3,(H,23,24). The van der Waals surface area contributed by atoms with E-state index in [1.807, 2.05) is 0 Å². The van der Waals surface area contributed by atoms with Crippen LogP contribution in [0, 0.1) is 5.92 Å². The number of amides is 1. The molecular formula is C21H26N4O6S4. The predicted molar refractivity (Wildman–Crippen MR) is 137 cm³/mol. The van der Waals surface area contributed by atoms with E-state index < -0.39 is 26.0 Å². The molecule has 4 aliphatic rings. The van der Waals surface area contributed by atoms with Crippen LogP contribution in [0.4, 0.5) is 5.00 Å². The number of amidine groups is 1. The lowest BCUT2D eigenvalue weighted by molar-refractivity contribution is -0.132. The molecule has 1 aliphatic carbocycles. The van der Waals surface area contributed by atoms with Gasteiger partial charge in [-0.2, -0.15) is 8.42 Å². The number of sulfonamides is 2. The highest BCUT2D eigenvalue weighted by Gasteiger charge is 2.46. The fourth-order valence-corrected chi connectivity index (χ4v) is 9.00. The average Bonchev–Trinajstić information content (AvgIpc) is 3.45. The molecule has 5 rings (SSSR count). The smallest absolute Gasteiger partial charge is 0.287 e. The van der Waals surface area contributed by atoms with Gasteiger partial charge in [-0.3, -0.25) is 4.79 Å². The van der Waals surface area contributed by atoms with Crippen molar-refractivity contribution in [3.05, 3.63) is 33.3 Å². The van der Waals surface area contributed by atoms with Gasteiger partial charge in [0.05, 0.1) is 6.26 Å². The quantitative estimate of drug-likeness (QED) is 0.483. The predicted octanol–water partition coefficient (Wildman–Crippen LogP) is 2.54. The molecule has 14 heteroatoms. The summed E-state index contributed by atoms with van der Waals surface area (Å²) >= 11 is 2.79. The Kier molecular flexibility index (Phi) is 6.53. The molecular weight excluding hydrogens is 533 g/mol. The number of hydrogen-bond donors (Lipinski definition) is 3. The number of hydrogen-bond acceptors (Lipinski definition) is 9. The maximum atomic E-state index is 13.7. The van der Waals surface area contributed by atoms with E-state index in [1.54, 1.807) is 16.7 Å². The molecule has 190 valence electrons. The summed E-state index contributed by atoms with van der Waals surface area (Å²) in [5.41, 5.74) is 1.32. The highest BCUT2D eigenvalue weighted by Crippen LogP contribution is 2.42. The minimum absolute atomic E-state index is 0.0992. The molecule has 3 N–H and O–H groups in total. The fraction of sp³-hybridized carbons (Fsp3) is 0.524. The van der Waals surface area contributed by atoms with Crippen molar-refractivity contribution < 1.29 is 26.7 Å². The Hall–Kier alpha value is -1.87. The summed E-state index contributed by atoms with van der Waals surface area (Å²) < 4.78 is 55.4. The monoisotopic (exact) mass is 558 g/mol. The van der Waals surface area contributed by atoms with Gasteiger partial charge in [0.2, 0.25) is 10.0 Å². The van der Waals surface area contributed by atoms with E-state index in [0.29, 0.717) is 13.0 Å². The maximum absolute atomic E-state index is 13.7. The van der Waals surface area contributed by atoms with Gasteiger partial charge in [-0.15, -0.1) is 27.5 Å². The van der Waals surface area contributed by atoms with E-state index in [9.17, 15) is 26.7 Å². The van der Waals surface area contributed by atoms with Crippen molar-refractivity contribution in [3.63, 3.8) is 0 Å². The first-order chi connectivity index (χ1) is 16.5. The van der Waals surface area contributed by atoms with Gasteiger partial charge in [-0.05, 0) is 35.6 Å². The first-order valence-electron chi connectivity index (χ1n) is 11.3. The first kappa shape index (κ1) is 24.8. The number of thiophene rings is 1. The largest absolute Gasteiger partial charge is 0.511 e. The van der Waals surface area contributed by atoms with Crippen molar-refractivity contribution in [2.45, 2.75) is 49.6 Å². The zero-order chi connectivity index (χ0) is 25.0. The van der Waals surface area contributed by atoms with Crippen LogP contribution in [0.1, 0.15) is 37.7 Å². The van der Waals surface area contributed by atoms with Crippen molar-refractivity contribution in [1.29, 1.82) is 0 Å². The molecule has 0 radical (unpaired) electrons. The van der Waals surface area contributed by atoms with E-state index in [-0.39, 0.29) is 51.1 Å². The van der Waals surface area contributed by atoms with Crippen LogP contribution in [-0.4, -0.2) is 63.2 Å². The van der Waals surface area contributed by atoms with Gasteiger partial charge >= 0.3 is 0 Å². The van der Waals surface area contributed by atoms with Gasteiger partial charge in [-0.25, -0.2) is 13.1 Å². The molecule has 3 aliphatic heterocycles. The van der Waals surface area contributed by atoms with Gasteiger partial charge in [0.15, 0.2) is 5.84 Å². The van der Waals surface area contributed by atoms with Crippen molar-refractivity contribution in [2.24, 2.45) is 10.3 Å². The molecule has 2 atom stereocenters. The molecule has 0 aromatic carbocycles. The van der Waals surface area contributed by atoms with Gasteiger partial charge < -0.3 is 15.3 Å². The number of carbonyl (C=O) groups excluding carboxylic acids is 1. The van der Waals surface area contributed by atoms with E-state index in [1.165, 1.54) is 5.38 Å². The number of aliphatic hydroxyl groups excluding tert-OH is 1. The van der Waals surface area contributed by atoms with Crippen LogP contribution < -0.4 is 10.0 Å². The van der Waals surface area contributed by atoms with E-state index >= 15 is 0 Å². The summed E-state index contributed by atoms with van der Waals surface area (Å²) in [5, 5.41) is 18.0. The molecule has 4 heterocycles. The number of fused-ring (bicyclic) bond motifs is 2. The summed E-state index contributed by atoms with van der Waals surface area (Å²) in [4.78, 5) is 15.4. The molecule has 0 bridgehead atoms. The van der Waals surface area contributed by atoms with Gasteiger partial charge in [-0.1, -0.05) is 12.8 Å². The van der Waals surface area contributed by atoms with Crippen LogP contribution >= 0.6 is 23.1 Å². The lowest BCUT2D eigenvalue weighted by atomic mass is 9.77. The molecule has 1 saturated carbocycles. The van der Waals surface area contributed by atoms with Crippen molar-refractivity contribution >= 4 is 59.9 Å². The Morgan fingerprint density at radius 3 is 2.80 bits per heavy atom. The third-order valence-corrected chi connectivity index (χ3v) is 10.7. The van der Waals surface area contributed by atoms with Crippen molar-refractivity contribution in [3.8, 4) is 0 Å². The number of thioether (sulfide) groups is 1. The highest BCUT2D eigenvalue weighted by atomic mass is 32.2. The number of nitrogens with zero attached hydrogens (tertiary/aromatic N) is 2. The molecule has 10 nitrogen and oxygen atoms in total. The van der Waals surface area contributed by atoms with Crippen LogP contribution in [0.5, 0.6) is 0 Å². The molecule has 1 aromatic heterocycles. The Morgan fingerprint density at radius 2 is 2.09 bits per heavy atom. The number of carbonyl (C=O) groups is 1. The number of aliphatic hydroxyl groups is 1. The Bertz CT molecular complexity index is 1380. The van der Waals surface area contributed by atoms with Crippen LogP contribution in [0.15, 0.2) is 37.0 Å². The Morgan fingerprint density at radius 1 is 1.31 bits per heavy atom. The van der Waals surface area contributed by atoms with Crippen LogP contribution in [0.2, 0.25) is 0 Å². The molecule has 1 fully saturated rings. The molecule has 1 aromatic rings. The van der Waals surface area contributed by atoms with Crippen LogP contribution in [-0.2, 0) is 31.4 Å². The first-order valence-corrected chi connectivity index (χ1v) is 16.5. The third-order valence-electron chi connectivity index (χ3n) is 6.66. The third kappa shape index (κ3) is 4.78. The lowest BCUT2D eigenvalue weighted by Crippen LogP contribution is -2.53. The van der Waals surface area contributed by atoms with Crippen LogP contribution in [0.25, 0.3) is 0 Å². The second kappa shape index (κ2) is 9.21. The van der Waals surface area contributed by atoms with E-state index in [4.69, 9.17) is 0 Å². The van der Waals surface area contributed by atoms with Crippen molar-refractivity contribution in [1.82, 2.24) is 9.62 Å².